The van der Waals surface area contributed by atoms with Crippen LogP contribution in [0.15, 0.2) is 0 Å². The van der Waals surface area contributed by atoms with Crippen molar-refractivity contribution in [1.82, 2.24) is 5.06 Å². The van der Waals surface area contributed by atoms with E-state index in [1.807, 2.05) is 0 Å². The Hall–Kier alpha value is -0.900. The Kier molecular flexibility index (Phi) is 1.48. The smallest absolute Gasteiger partial charge is 0.289 e. The van der Waals surface area contributed by atoms with Crippen LogP contribution in [0.2, 0.25) is 0 Å². The van der Waals surface area contributed by atoms with E-state index in [2.05, 4.69) is 0 Å². The van der Waals surface area contributed by atoms with Crippen LogP contribution < -0.4 is 0 Å². The fourth-order valence-electron chi connectivity index (χ4n) is 0.742. The van der Waals surface area contributed by atoms with Crippen molar-refractivity contribution in [1.29, 1.82) is 0 Å². The van der Waals surface area contributed by atoms with Gasteiger partial charge in [0.25, 0.3) is 0 Å². The third kappa shape index (κ3) is 1.08. The minimum Gasteiger partial charge on any atom is -0.289 e. The number of nitrogens with zero attached hydrogens (tertiary/aromatic N) is 1. The Bertz CT molecular complexity index is 154. The molecule has 1 rings (SSSR count). The van der Waals surface area contributed by atoms with Crippen molar-refractivity contribution in [3.63, 3.8) is 0 Å². The number of hydrogen-bond acceptors (Lipinski definition) is 3. The van der Waals surface area contributed by atoms with Crippen LogP contribution in [-0.4, -0.2) is 28.5 Å². The van der Waals surface area contributed by atoms with Gasteiger partial charge in [0.15, 0.2) is 0 Å². The second kappa shape index (κ2) is 2.14. The molecule has 0 aromatic carbocycles. The highest BCUT2D eigenvalue weighted by Gasteiger charge is 2.24. The summed E-state index contributed by atoms with van der Waals surface area (Å²) in [5.74, 6) is -1.27. The zero-order valence-electron chi connectivity index (χ0n) is 4.83. The monoisotopic (exact) mass is 129 g/mol. The zero-order valence-corrected chi connectivity index (χ0v) is 4.83. The van der Waals surface area contributed by atoms with Crippen molar-refractivity contribution in [2.45, 2.75) is 12.8 Å². The van der Waals surface area contributed by atoms with E-state index in [1.54, 1.807) is 0 Å². The fraction of sp³-hybridized carbons (Fsp3) is 0.600. The first kappa shape index (κ1) is 6.22. The summed E-state index contributed by atoms with van der Waals surface area (Å²) in [6.45, 7) is 0.282. The molecule has 1 N–H and O–H groups in total. The van der Waals surface area contributed by atoms with Gasteiger partial charge >= 0.3 is 5.91 Å². The third-order valence-corrected chi connectivity index (χ3v) is 1.25. The number of carbonyl (C=O) groups is 2. The van der Waals surface area contributed by atoms with E-state index in [-0.39, 0.29) is 13.0 Å². The van der Waals surface area contributed by atoms with Crippen molar-refractivity contribution < 1.29 is 14.8 Å². The summed E-state index contributed by atoms with van der Waals surface area (Å²) in [6, 6.07) is 0. The Morgan fingerprint density at radius 2 is 2.11 bits per heavy atom. The lowest BCUT2D eigenvalue weighted by Gasteiger charge is -2.17. The minimum atomic E-state index is -0.777. The SMILES string of the molecule is O=C1CCCN(O)C1=O. The van der Waals surface area contributed by atoms with Crippen LogP contribution in [0, 0.1) is 0 Å². The van der Waals surface area contributed by atoms with Crippen molar-refractivity contribution >= 4 is 11.7 Å². The number of rotatable bonds is 0. The molecule has 1 aliphatic heterocycles. The molecule has 4 nitrogen and oxygen atoms in total. The molecular weight excluding hydrogens is 122 g/mol. The number of hydrogen-bond donors (Lipinski definition) is 1. The van der Waals surface area contributed by atoms with Crippen LogP contribution >= 0.6 is 0 Å². The summed E-state index contributed by atoms with van der Waals surface area (Å²) in [5, 5.41) is 9.08. The molecule has 4 heteroatoms. The van der Waals surface area contributed by atoms with Crippen LogP contribution in [0.25, 0.3) is 0 Å². The summed E-state index contributed by atoms with van der Waals surface area (Å²) < 4.78 is 0. The van der Waals surface area contributed by atoms with Gasteiger partial charge in [-0.15, -0.1) is 0 Å². The molecular formula is C5H7NO3. The van der Waals surface area contributed by atoms with Gasteiger partial charge in [-0.2, -0.15) is 0 Å². The standard InChI is InChI=1S/C5H7NO3/c7-4-2-1-3-6(9)5(4)8/h9H,1-3H2. The molecule has 50 valence electrons. The van der Waals surface area contributed by atoms with E-state index < -0.39 is 11.7 Å². The van der Waals surface area contributed by atoms with E-state index in [1.165, 1.54) is 0 Å². The highest BCUT2D eigenvalue weighted by molar-refractivity contribution is 6.36. The van der Waals surface area contributed by atoms with Gasteiger partial charge in [0.05, 0.1) is 0 Å². The predicted octanol–water partition coefficient (Wildman–Crippen LogP) is -0.433. The number of carbonyl (C=O) groups excluding carboxylic acids is 2. The topological polar surface area (TPSA) is 57.6 Å². The first-order chi connectivity index (χ1) is 4.22. The van der Waals surface area contributed by atoms with Crippen molar-refractivity contribution in [2.75, 3.05) is 6.54 Å². The normalized spacial score (nSPS) is 20.8. The molecule has 0 spiro atoms. The molecule has 0 unspecified atom stereocenters. The molecule has 0 radical (unpaired) electrons. The van der Waals surface area contributed by atoms with E-state index in [0.29, 0.717) is 11.5 Å². The van der Waals surface area contributed by atoms with Gasteiger partial charge in [0.1, 0.15) is 0 Å². The van der Waals surface area contributed by atoms with Crippen LogP contribution in [0.3, 0.4) is 0 Å². The first-order valence-corrected chi connectivity index (χ1v) is 2.75. The van der Waals surface area contributed by atoms with Gasteiger partial charge in [0.2, 0.25) is 5.78 Å². The summed E-state index contributed by atoms with van der Waals surface area (Å²) in [4.78, 5) is 20.9. The van der Waals surface area contributed by atoms with Gasteiger partial charge in [-0.05, 0) is 6.42 Å². The maximum Gasteiger partial charge on any atom is 0.313 e. The Balaban J connectivity index is 2.62. The van der Waals surface area contributed by atoms with Gasteiger partial charge in [-0.1, -0.05) is 0 Å². The highest BCUT2D eigenvalue weighted by atomic mass is 16.5. The van der Waals surface area contributed by atoms with Gasteiger partial charge in [-0.3, -0.25) is 14.8 Å². The molecule has 0 aromatic heterocycles. The molecule has 1 fully saturated rings. The Morgan fingerprint density at radius 1 is 1.44 bits per heavy atom. The van der Waals surface area contributed by atoms with Gasteiger partial charge < -0.3 is 0 Å². The summed E-state index contributed by atoms with van der Waals surface area (Å²) in [7, 11) is 0. The van der Waals surface area contributed by atoms with E-state index in [0.717, 1.165) is 0 Å². The highest BCUT2D eigenvalue weighted by Crippen LogP contribution is 2.03. The van der Waals surface area contributed by atoms with Crippen LogP contribution in [-0.2, 0) is 9.59 Å². The second-order valence-electron chi connectivity index (χ2n) is 1.96. The number of amides is 1. The van der Waals surface area contributed by atoms with E-state index in [4.69, 9.17) is 5.21 Å². The number of piperidine rings is 1. The number of hydroxylamine groups is 2. The molecule has 0 atom stereocenters. The third-order valence-electron chi connectivity index (χ3n) is 1.25. The van der Waals surface area contributed by atoms with E-state index >= 15 is 0 Å². The summed E-state index contributed by atoms with van der Waals surface area (Å²) in [6.07, 6.45) is 0.844. The second-order valence-corrected chi connectivity index (χ2v) is 1.96. The van der Waals surface area contributed by atoms with Crippen LogP contribution in [0.1, 0.15) is 12.8 Å². The zero-order chi connectivity index (χ0) is 6.85. The Morgan fingerprint density at radius 3 is 2.56 bits per heavy atom. The summed E-state index contributed by atoms with van der Waals surface area (Å²) >= 11 is 0. The lowest BCUT2D eigenvalue weighted by atomic mass is 10.1. The average molecular weight is 129 g/mol. The molecule has 1 saturated heterocycles. The number of Topliss-reactive ketones (excluding diaryl/α,β-unsaturated/α-hetero) is 1. The molecule has 0 aromatic rings. The molecule has 0 bridgehead atoms. The quantitative estimate of drug-likeness (QED) is 0.356. The first-order valence-electron chi connectivity index (χ1n) is 2.75. The molecule has 1 aliphatic rings. The van der Waals surface area contributed by atoms with Crippen molar-refractivity contribution in [3.8, 4) is 0 Å². The van der Waals surface area contributed by atoms with Gasteiger partial charge in [0, 0.05) is 13.0 Å². The number of ketones is 1. The van der Waals surface area contributed by atoms with Crippen molar-refractivity contribution in [2.24, 2.45) is 0 Å². The minimum absolute atomic E-state index is 0.274. The van der Waals surface area contributed by atoms with E-state index in [9.17, 15) is 9.59 Å². The Labute approximate surface area is 52.0 Å². The molecule has 0 saturated carbocycles. The largest absolute Gasteiger partial charge is 0.313 e. The lowest BCUT2D eigenvalue weighted by Crippen LogP contribution is -2.38. The maximum atomic E-state index is 10.5. The summed E-state index contributed by atoms with van der Waals surface area (Å²) in [5.41, 5.74) is 0. The molecule has 0 aliphatic carbocycles. The van der Waals surface area contributed by atoms with Crippen LogP contribution in [0.5, 0.6) is 0 Å². The molecule has 1 heterocycles. The van der Waals surface area contributed by atoms with Crippen molar-refractivity contribution in [3.05, 3.63) is 0 Å². The average Bonchev–Trinajstić information content (AvgIpc) is 1.83. The fourth-order valence-corrected chi connectivity index (χ4v) is 0.742. The lowest BCUT2D eigenvalue weighted by molar-refractivity contribution is -0.174. The van der Waals surface area contributed by atoms with Gasteiger partial charge in [-0.25, -0.2) is 5.06 Å². The maximum absolute atomic E-state index is 10.5. The molecule has 1 amide bonds. The molecule has 9 heavy (non-hydrogen) atoms. The predicted molar refractivity (Wildman–Crippen MR) is 27.7 cm³/mol. The van der Waals surface area contributed by atoms with Crippen LogP contribution in [0.4, 0.5) is 0 Å².